The van der Waals surface area contributed by atoms with Gasteiger partial charge < -0.3 is 4.74 Å². The molecule has 0 N–H and O–H groups in total. The highest BCUT2D eigenvalue weighted by molar-refractivity contribution is 5.28. The van der Waals surface area contributed by atoms with Gasteiger partial charge in [0, 0.05) is 18.3 Å². The largest absolute Gasteiger partial charge is 0.439 e. The quantitative estimate of drug-likeness (QED) is 0.765. The average molecular weight is 296 g/mol. The lowest BCUT2D eigenvalue weighted by Crippen LogP contribution is -2.24. The molecule has 1 unspecified atom stereocenters. The van der Waals surface area contributed by atoms with Gasteiger partial charge in [-0.25, -0.2) is 4.98 Å². The Morgan fingerprint density at radius 1 is 1.18 bits per heavy atom. The van der Waals surface area contributed by atoms with Crippen LogP contribution in [0.1, 0.15) is 44.2 Å². The first-order valence-corrected chi connectivity index (χ1v) is 8.29. The second-order valence-corrected chi connectivity index (χ2v) is 5.89. The highest BCUT2D eigenvalue weighted by Gasteiger charge is 2.25. The highest BCUT2D eigenvalue weighted by atomic mass is 16.5. The van der Waals surface area contributed by atoms with Gasteiger partial charge in [-0.15, -0.1) is 0 Å². The molecule has 0 amide bonds. The van der Waals surface area contributed by atoms with Crippen molar-refractivity contribution in [2.24, 2.45) is 0 Å². The number of benzene rings is 1. The molecular weight excluding hydrogens is 272 g/mol. The van der Waals surface area contributed by atoms with Crippen LogP contribution in [0.15, 0.2) is 48.7 Å². The van der Waals surface area contributed by atoms with Gasteiger partial charge in [-0.05, 0) is 50.0 Å². The molecule has 22 heavy (non-hydrogen) atoms. The minimum Gasteiger partial charge on any atom is -0.439 e. The van der Waals surface area contributed by atoms with Crippen LogP contribution in [0.5, 0.6) is 11.6 Å². The van der Waals surface area contributed by atoms with Crippen molar-refractivity contribution in [1.82, 2.24) is 9.88 Å². The molecule has 0 saturated carbocycles. The Kier molecular flexibility index (Phi) is 5.07. The smallest absolute Gasteiger partial charge is 0.219 e. The van der Waals surface area contributed by atoms with E-state index < -0.39 is 0 Å². The number of aromatic nitrogens is 1. The molecule has 2 aromatic rings. The second-order valence-electron chi connectivity index (χ2n) is 5.89. The number of nitrogens with zero attached hydrogens (tertiary/aromatic N) is 2. The van der Waals surface area contributed by atoms with Crippen molar-refractivity contribution in [2.75, 3.05) is 13.1 Å². The van der Waals surface area contributed by atoms with Crippen molar-refractivity contribution in [3.63, 3.8) is 0 Å². The van der Waals surface area contributed by atoms with E-state index in [0.717, 1.165) is 5.75 Å². The molecule has 3 nitrogen and oxygen atoms in total. The average Bonchev–Trinajstić information content (AvgIpc) is 3.03. The van der Waals surface area contributed by atoms with Gasteiger partial charge in [-0.1, -0.05) is 37.6 Å². The van der Waals surface area contributed by atoms with E-state index >= 15 is 0 Å². The number of para-hydroxylation sites is 1. The fraction of sp³-hybridized carbons (Fsp3) is 0.421. The minimum atomic E-state index is 0.532. The van der Waals surface area contributed by atoms with Crippen LogP contribution in [-0.4, -0.2) is 23.0 Å². The Morgan fingerprint density at radius 3 is 2.77 bits per heavy atom. The Morgan fingerprint density at radius 2 is 2.05 bits per heavy atom. The fourth-order valence-corrected chi connectivity index (χ4v) is 3.09. The van der Waals surface area contributed by atoms with Crippen molar-refractivity contribution >= 4 is 0 Å². The fourth-order valence-electron chi connectivity index (χ4n) is 3.09. The van der Waals surface area contributed by atoms with Crippen molar-refractivity contribution in [2.45, 2.75) is 38.6 Å². The van der Waals surface area contributed by atoms with E-state index in [-0.39, 0.29) is 0 Å². The normalized spacial score (nSPS) is 18.5. The summed E-state index contributed by atoms with van der Waals surface area (Å²) in [5, 5.41) is 0. The molecule has 1 fully saturated rings. The summed E-state index contributed by atoms with van der Waals surface area (Å²) in [5.41, 5.74) is 1.31. The summed E-state index contributed by atoms with van der Waals surface area (Å²) in [5.74, 6) is 1.49. The van der Waals surface area contributed by atoms with Crippen LogP contribution in [-0.2, 0) is 0 Å². The van der Waals surface area contributed by atoms with Gasteiger partial charge in [0.2, 0.25) is 5.88 Å². The molecule has 1 aliphatic rings. The monoisotopic (exact) mass is 296 g/mol. The lowest BCUT2D eigenvalue weighted by atomic mass is 10.1. The Hall–Kier alpha value is -1.87. The van der Waals surface area contributed by atoms with Crippen LogP contribution in [0.4, 0.5) is 0 Å². The van der Waals surface area contributed by atoms with Gasteiger partial charge in [0.1, 0.15) is 5.75 Å². The molecule has 1 saturated heterocycles. The predicted octanol–water partition coefficient (Wildman–Crippen LogP) is 4.81. The van der Waals surface area contributed by atoms with E-state index in [0.29, 0.717) is 11.9 Å². The molecule has 0 radical (unpaired) electrons. The van der Waals surface area contributed by atoms with Crippen molar-refractivity contribution < 1.29 is 4.74 Å². The van der Waals surface area contributed by atoms with Crippen LogP contribution in [0.3, 0.4) is 0 Å². The van der Waals surface area contributed by atoms with Gasteiger partial charge in [0.05, 0.1) is 0 Å². The Bertz CT molecular complexity index is 568. The molecule has 1 aromatic heterocycles. The first kappa shape index (κ1) is 15.0. The lowest BCUT2D eigenvalue weighted by Gasteiger charge is -2.24. The van der Waals surface area contributed by atoms with Gasteiger partial charge in [0.25, 0.3) is 0 Å². The predicted molar refractivity (Wildman–Crippen MR) is 89.2 cm³/mol. The van der Waals surface area contributed by atoms with E-state index in [9.17, 15) is 0 Å². The molecule has 0 bridgehead atoms. The molecule has 1 atom stereocenters. The Labute approximate surface area is 132 Å². The zero-order valence-electron chi connectivity index (χ0n) is 13.2. The summed E-state index contributed by atoms with van der Waals surface area (Å²) < 4.78 is 5.76. The van der Waals surface area contributed by atoms with Crippen molar-refractivity contribution in [1.29, 1.82) is 0 Å². The van der Waals surface area contributed by atoms with Gasteiger partial charge in [-0.2, -0.15) is 0 Å². The molecule has 0 spiro atoms. The van der Waals surface area contributed by atoms with Crippen LogP contribution in [0.25, 0.3) is 0 Å². The molecule has 2 heterocycles. The molecule has 3 heteroatoms. The Balaban J connectivity index is 1.66. The molecule has 1 aromatic carbocycles. The highest BCUT2D eigenvalue weighted by Crippen LogP contribution is 2.32. The number of rotatable bonds is 6. The van der Waals surface area contributed by atoms with E-state index in [2.05, 4.69) is 22.9 Å². The summed E-state index contributed by atoms with van der Waals surface area (Å²) in [6.07, 6.45) is 7.04. The van der Waals surface area contributed by atoms with Crippen LogP contribution in [0, 0.1) is 0 Å². The molecule has 3 rings (SSSR count). The van der Waals surface area contributed by atoms with Crippen LogP contribution >= 0.6 is 0 Å². The van der Waals surface area contributed by atoms with E-state index in [4.69, 9.17) is 4.74 Å². The summed E-state index contributed by atoms with van der Waals surface area (Å²) in [6.45, 7) is 4.67. The number of pyridine rings is 1. The summed E-state index contributed by atoms with van der Waals surface area (Å²) in [7, 11) is 0. The lowest BCUT2D eigenvalue weighted by molar-refractivity contribution is 0.252. The van der Waals surface area contributed by atoms with E-state index in [1.807, 2.05) is 42.6 Å². The number of ether oxygens (including phenoxy) is 1. The molecular formula is C19H24N2O. The topological polar surface area (TPSA) is 25.4 Å². The molecule has 1 aliphatic heterocycles. The third-order valence-corrected chi connectivity index (χ3v) is 4.27. The third-order valence-electron chi connectivity index (χ3n) is 4.27. The first-order valence-electron chi connectivity index (χ1n) is 8.29. The number of hydrogen-bond donors (Lipinski definition) is 0. The SMILES string of the molecule is CCCCN1CCCC1c1ccc(Oc2ccccc2)nc1. The number of likely N-dealkylation sites (tertiary alicyclic amines) is 1. The first-order chi connectivity index (χ1) is 10.9. The third kappa shape index (κ3) is 3.66. The van der Waals surface area contributed by atoms with Crippen LogP contribution < -0.4 is 4.74 Å². The van der Waals surface area contributed by atoms with E-state index in [1.54, 1.807) is 0 Å². The maximum absolute atomic E-state index is 5.76. The van der Waals surface area contributed by atoms with Crippen molar-refractivity contribution in [3.05, 3.63) is 54.2 Å². The van der Waals surface area contributed by atoms with Gasteiger partial charge in [0.15, 0.2) is 0 Å². The summed E-state index contributed by atoms with van der Waals surface area (Å²) in [6, 6.07) is 14.5. The zero-order chi connectivity index (χ0) is 15.2. The summed E-state index contributed by atoms with van der Waals surface area (Å²) >= 11 is 0. The summed E-state index contributed by atoms with van der Waals surface area (Å²) in [4.78, 5) is 7.08. The van der Waals surface area contributed by atoms with E-state index in [1.165, 1.54) is 44.3 Å². The van der Waals surface area contributed by atoms with Crippen LogP contribution in [0.2, 0.25) is 0 Å². The maximum atomic E-state index is 5.76. The van der Waals surface area contributed by atoms with Gasteiger partial charge in [-0.3, -0.25) is 4.90 Å². The molecule has 116 valence electrons. The minimum absolute atomic E-state index is 0.532. The zero-order valence-corrected chi connectivity index (χ0v) is 13.2. The van der Waals surface area contributed by atoms with Crippen molar-refractivity contribution in [3.8, 4) is 11.6 Å². The number of unbranched alkanes of at least 4 members (excludes halogenated alkanes) is 1. The van der Waals surface area contributed by atoms with Gasteiger partial charge >= 0.3 is 0 Å². The maximum Gasteiger partial charge on any atom is 0.219 e. The standard InChI is InChI=1S/C19H24N2O/c1-2-3-13-21-14-7-10-18(21)16-11-12-19(20-15-16)22-17-8-5-4-6-9-17/h4-6,8-9,11-12,15,18H,2-3,7,10,13-14H2,1H3. The molecule has 0 aliphatic carbocycles. The second kappa shape index (κ2) is 7.41. The number of hydrogen-bond acceptors (Lipinski definition) is 3.